The summed E-state index contributed by atoms with van der Waals surface area (Å²) in [7, 11) is 1.56. The Morgan fingerprint density at radius 1 is 1.29 bits per heavy atom. The van der Waals surface area contributed by atoms with Crippen molar-refractivity contribution in [1.29, 1.82) is 5.26 Å². The highest BCUT2D eigenvalue weighted by Crippen LogP contribution is 2.32. The molecule has 0 saturated heterocycles. The number of nitrogens with one attached hydrogen (secondary N) is 1. The molecule has 0 aliphatic heterocycles. The molecule has 3 aromatic rings. The number of hydrogen-bond donors (Lipinski definition) is 1. The quantitative estimate of drug-likeness (QED) is 0.784. The van der Waals surface area contributed by atoms with Gasteiger partial charge in [0.15, 0.2) is 17.9 Å². The van der Waals surface area contributed by atoms with E-state index < -0.39 is 0 Å². The van der Waals surface area contributed by atoms with Gasteiger partial charge in [0, 0.05) is 18.5 Å². The fraction of sp³-hybridized carbons (Fsp3) is 0.143. The number of aromatic amines is 1. The first kappa shape index (κ1) is 12.9. The van der Waals surface area contributed by atoms with Crippen molar-refractivity contribution < 1.29 is 9.47 Å². The molecule has 0 saturated carbocycles. The van der Waals surface area contributed by atoms with E-state index in [0.717, 1.165) is 5.56 Å². The minimum atomic E-state index is -0.0129. The summed E-state index contributed by atoms with van der Waals surface area (Å²) in [6.07, 6.45) is 3.18. The van der Waals surface area contributed by atoms with E-state index in [9.17, 15) is 0 Å². The number of hydrogen-bond acceptors (Lipinski definition) is 6. The molecule has 1 N–H and O–H groups in total. The Hall–Kier alpha value is -3.14. The smallest absolute Gasteiger partial charge is 0.197 e. The van der Waals surface area contributed by atoms with Gasteiger partial charge in [-0.1, -0.05) is 0 Å². The average molecular weight is 281 g/mol. The summed E-state index contributed by atoms with van der Waals surface area (Å²) in [6.45, 7) is -0.0129. The van der Waals surface area contributed by atoms with Crippen LogP contribution < -0.4 is 9.47 Å². The molecule has 2 heterocycles. The van der Waals surface area contributed by atoms with Crippen LogP contribution in [0.3, 0.4) is 0 Å². The number of H-pyrrole nitrogens is 1. The van der Waals surface area contributed by atoms with Crippen LogP contribution in [0.4, 0.5) is 0 Å². The number of imidazole rings is 1. The minimum absolute atomic E-state index is 0.0129. The molecule has 0 unspecified atom stereocenters. The molecular formula is C14H11N5O2. The maximum Gasteiger partial charge on any atom is 0.197 e. The Bertz CT molecular complexity index is 789. The second kappa shape index (κ2) is 5.46. The molecule has 7 heteroatoms. The van der Waals surface area contributed by atoms with Gasteiger partial charge in [0.05, 0.1) is 12.7 Å². The lowest BCUT2D eigenvalue weighted by Gasteiger charge is -2.08. The minimum Gasteiger partial charge on any atom is -0.496 e. The van der Waals surface area contributed by atoms with Crippen LogP contribution in [-0.4, -0.2) is 33.7 Å². The van der Waals surface area contributed by atoms with Crippen molar-refractivity contribution in [3.05, 3.63) is 30.6 Å². The third-order valence-electron chi connectivity index (χ3n) is 2.86. The second-order valence-electron chi connectivity index (χ2n) is 4.12. The molecule has 0 amide bonds. The lowest BCUT2D eigenvalue weighted by atomic mass is 10.2. The molecule has 0 fully saturated rings. The van der Waals surface area contributed by atoms with Crippen LogP contribution in [0.25, 0.3) is 22.7 Å². The van der Waals surface area contributed by atoms with Crippen molar-refractivity contribution in [3.8, 4) is 29.0 Å². The Morgan fingerprint density at radius 2 is 2.14 bits per heavy atom. The van der Waals surface area contributed by atoms with E-state index in [1.807, 2.05) is 12.1 Å². The molecule has 3 rings (SSSR count). The number of rotatable bonds is 4. The summed E-state index contributed by atoms with van der Waals surface area (Å²) < 4.78 is 10.6. The van der Waals surface area contributed by atoms with Crippen molar-refractivity contribution in [1.82, 2.24) is 19.9 Å². The summed E-state index contributed by atoms with van der Waals surface area (Å²) in [5.41, 5.74) is 1.92. The van der Waals surface area contributed by atoms with Gasteiger partial charge in [0.25, 0.3) is 0 Å². The number of nitriles is 1. The summed E-state index contributed by atoms with van der Waals surface area (Å²) in [5, 5.41) is 8.53. The van der Waals surface area contributed by atoms with Gasteiger partial charge >= 0.3 is 0 Å². The predicted octanol–water partition coefficient (Wildman–Crippen LogP) is 1.93. The molecule has 21 heavy (non-hydrogen) atoms. The lowest BCUT2D eigenvalue weighted by Crippen LogP contribution is -1.95. The molecule has 7 nitrogen and oxygen atoms in total. The highest BCUT2D eigenvalue weighted by Gasteiger charge is 2.12. The van der Waals surface area contributed by atoms with Gasteiger partial charge in [-0.05, 0) is 12.1 Å². The van der Waals surface area contributed by atoms with Crippen LogP contribution in [0.15, 0.2) is 30.6 Å². The molecule has 2 aromatic heterocycles. The first-order valence-electron chi connectivity index (χ1n) is 6.16. The van der Waals surface area contributed by atoms with Crippen LogP contribution in [-0.2, 0) is 0 Å². The lowest BCUT2D eigenvalue weighted by molar-refractivity contribution is 0.361. The van der Waals surface area contributed by atoms with E-state index in [1.54, 1.807) is 31.6 Å². The number of nitrogens with zero attached hydrogens (tertiary/aromatic N) is 4. The number of ether oxygens (including phenoxy) is 2. The average Bonchev–Trinajstić information content (AvgIpc) is 2.96. The summed E-state index contributed by atoms with van der Waals surface area (Å²) in [5.74, 6) is 1.76. The summed E-state index contributed by atoms with van der Waals surface area (Å²) >= 11 is 0. The predicted molar refractivity (Wildman–Crippen MR) is 74.8 cm³/mol. The van der Waals surface area contributed by atoms with E-state index >= 15 is 0 Å². The van der Waals surface area contributed by atoms with Gasteiger partial charge in [-0.3, -0.25) is 0 Å². The van der Waals surface area contributed by atoms with Gasteiger partial charge in [-0.25, -0.2) is 15.0 Å². The molecule has 0 bridgehead atoms. The van der Waals surface area contributed by atoms with Gasteiger partial charge in [-0.15, -0.1) is 0 Å². The normalized spacial score (nSPS) is 10.3. The number of benzene rings is 1. The number of methoxy groups -OCH3 is 1. The van der Waals surface area contributed by atoms with Crippen molar-refractivity contribution in [2.24, 2.45) is 0 Å². The molecule has 1 aromatic carbocycles. The largest absolute Gasteiger partial charge is 0.496 e. The third-order valence-corrected chi connectivity index (χ3v) is 2.86. The van der Waals surface area contributed by atoms with Crippen LogP contribution in [0.1, 0.15) is 0 Å². The maximum absolute atomic E-state index is 8.53. The Labute approximate surface area is 120 Å². The van der Waals surface area contributed by atoms with Crippen LogP contribution in [0, 0.1) is 11.3 Å². The van der Waals surface area contributed by atoms with Crippen molar-refractivity contribution in [2.45, 2.75) is 0 Å². The molecular weight excluding hydrogens is 270 g/mol. The Kier molecular flexibility index (Phi) is 3.35. The van der Waals surface area contributed by atoms with Crippen molar-refractivity contribution >= 4 is 11.3 Å². The zero-order valence-corrected chi connectivity index (χ0v) is 11.2. The van der Waals surface area contributed by atoms with E-state index in [4.69, 9.17) is 14.7 Å². The Morgan fingerprint density at radius 3 is 2.90 bits per heavy atom. The molecule has 0 aliphatic carbocycles. The van der Waals surface area contributed by atoms with Crippen LogP contribution in [0.2, 0.25) is 0 Å². The number of aromatic nitrogens is 4. The molecule has 0 radical (unpaired) electrons. The standard InChI is InChI=1S/C14H11N5O2/c1-20-11-8-9(21-7-4-15)2-3-10(11)12-18-13-14(19-12)17-6-5-16-13/h2-3,5-6,8H,7H2,1H3,(H,16,17,18,19). The first-order chi connectivity index (χ1) is 10.3. The van der Waals surface area contributed by atoms with Crippen LogP contribution >= 0.6 is 0 Å². The maximum atomic E-state index is 8.53. The third kappa shape index (κ3) is 2.47. The zero-order chi connectivity index (χ0) is 14.7. The molecule has 104 valence electrons. The van der Waals surface area contributed by atoms with E-state index in [2.05, 4.69) is 19.9 Å². The topological polar surface area (TPSA) is 96.7 Å². The Balaban J connectivity index is 2.03. The zero-order valence-electron chi connectivity index (χ0n) is 11.2. The van der Waals surface area contributed by atoms with Gasteiger partial charge < -0.3 is 14.5 Å². The summed E-state index contributed by atoms with van der Waals surface area (Å²) in [6, 6.07) is 7.19. The second-order valence-corrected chi connectivity index (χ2v) is 4.12. The van der Waals surface area contributed by atoms with Gasteiger partial charge in [0.2, 0.25) is 0 Å². The van der Waals surface area contributed by atoms with Crippen molar-refractivity contribution in [2.75, 3.05) is 13.7 Å². The highest BCUT2D eigenvalue weighted by molar-refractivity contribution is 5.75. The highest BCUT2D eigenvalue weighted by atomic mass is 16.5. The SMILES string of the molecule is COc1cc(OCC#N)ccc1-c1nc2nccnc2[nH]1. The number of fused-ring (bicyclic) bond motifs is 1. The van der Waals surface area contributed by atoms with E-state index in [-0.39, 0.29) is 6.61 Å². The fourth-order valence-corrected chi connectivity index (χ4v) is 1.95. The van der Waals surface area contributed by atoms with Crippen molar-refractivity contribution in [3.63, 3.8) is 0 Å². The molecule has 0 spiro atoms. The molecule has 0 atom stereocenters. The van der Waals surface area contributed by atoms with E-state index in [0.29, 0.717) is 28.6 Å². The van der Waals surface area contributed by atoms with Gasteiger partial charge in [-0.2, -0.15) is 5.26 Å². The van der Waals surface area contributed by atoms with Crippen LogP contribution in [0.5, 0.6) is 11.5 Å². The summed E-state index contributed by atoms with van der Waals surface area (Å²) in [4.78, 5) is 15.8. The van der Waals surface area contributed by atoms with E-state index in [1.165, 1.54) is 0 Å². The molecule has 0 aliphatic rings. The monoisotopic (exact) mass is 281 g/mol. The van der Waals surface area contributed by atoms with Gasteiger partial charge in [0.1, 0.15) is 23.4 Å². The first-order valence-corrected chi connectivity index (χ1v) is 6.16. The fourth-order valence-electron chi connectivity index (χ4n) is 1.95.